The summed E-state index contributed by atoms with van der Waals surface area (Å²) >= 11 is 0. The summed E-state index contributed by atoms with van der Waals surface area (Å²) in [5.41, 5.74) is -3.26. The van der Waals surface area contributed by atoms with Gasteiger partial charge >= 0.3 is 12.8 Å². The van der Waals surface area contributed by atoms with Crippen molar-refractivity contribution in [2.45, 2.75) is 90.0 Å². The molecule has 0 aliphatic heterocycles. The summed E-state index contributed by atoms with van der Waals surface area (Å²) in [4.78, 5) is 17.1. The van der Waals surface area contributed by atoms with Crippen molar-refractivity contribution in [2.75, 3.05) is 6.54 Å². The zero-order valence-corrected chi connectivity index (χ0v) is 23.9. The lowest BCUT2D eigenvalue weighted by Gasteiger charge is -2.35. The highest BCUT2D eigenvalue weighted by molar-refractivity contribution is 7.89. The number of pyridine rings is 1. The minimum absolute atomic E-state index is 0.00436. The monoisotopic (exact) mass is 611 g/mol. The van der Waals surface area contributed by atoms with Crippen LogP contribution in [0.5, 0.6) is 5.75 Å². The fourth-order valence-electron chi connectivity index (χ4n) is 4.80. The van der Waals surface area contributed by atoms with Crippen molar-refractivity contribution in [1.29, 1.82) is 0 Å². The molecule has 2 heterocycles. The number of aromatic nitrogens is 3. The first kappa shape index (κ1) is 32.7. The van der Waals surface area contributed by atoms with Crippen molar-refractivity contribution in [3.8, 4) is 17.0 Å². The van der Waals surface area contributed by atoms with Crippen LogP contribution in [0.3, 0.4) is 0 Å². The summed E-state index contributed by atoms with van der Waals surface area (Å²) in [6.45, 7) is 1.86. The summed E-state index contributed by atoms with van der Waals surface area (Å²) < 4.78 is 96.0. The van der Waals surface area contributed by atoms with Crippen LogP contribution in [-0.2, 0) is 23.0 Å². The number of nitrogens with one attached hydrogen (secondary N) is 1. The number of halogens is 5. The quantitative estimate of drug-likeness (QED) is 0.347. The van der Waals surface area contributed by atoms with E-state index >= 15 is 0 Å². The highest BCUT2D eigenvalue weighted by atomic mass is 32.2. The van der Waals surface area contributed by atoms with Gasteiger partial charge in [0, 0.05) is 43.0 Å². The molecule has 0 bridgehead atoms. The third-order valence-corrected chi connectivity index (χ3v) is 8.79. The Kier molecular flexibility index (Phi) is 9.40. The predicted octanol–water partition coefficient (Wildman–Crippen LogP) is 3.70. The van der Waals surface area contributed by atoms with Crippen LogP contribution in [0, 0.1) is 12.3 Å². The number of ether oxygens (including phenoxy) is 1. The molecule has 0 saturated heterocycles. The van der Waals surface area contributed by atoms with Gasteiger partial charge in [-0.3, -0.25) is 14.5 Å². The topological polar surface area (TPSA) is 149 Å². The standard InChI is InChI=1S/C25H34F5N5O5S/c1-5-35-20(17-12-32-15(10-18(17)40-22(26)27)11-23(3,4)25(28,29)30)14(2)19(34-35)21(36)33-13-24(37)8-6-16(7-9-24)41(31,38)39/h10,12,16,22,37H,5-9,11,13H2,1-4H3,(H,33,36)(H2,31,38,39)/t16-,24+. The van der Waals surface area contributed by atoms with Gasteiger partial charge in [-0.15, -0.1) is 0 Å². The van der Waals surface area contributed by atoms with Crippen LogP contribution >= 0.6 is 0 Å². The molecule has 1 amide bonds. The first-order valence-electron chi connectivity index (χ1n) is 12.9. The third kappa shape index (κ3) is 7.52. The van der Waals surface area contributed by atoms with Gasteiger partial charge in [-0.1, -0.05) is 13.8 Å². The first-order valence-corrected chi connectivity index (χ1v) is 14.5. The molecule has 3 rings (SSSR count). The number of nitrogens with zero attached hydrogens (tertiary/aromatic N) is 3. The van der Waals surface area contributed by atoms with Gasteiger partial charge in [0.25, 0.3) is 5.91 Å². The van der Waals surface area contributed by atoms with Crippen molar-refractivity contribution in [3.05, 3.63) is 29.2 Å². The number of nitrogens with two attached hydrogens (primary N) is 1. The number of alkyl halides is 5. The van der Waals surface area contributed by atoms with E-state index < -0.39 is 57.2 Å². The lowest BCUT2D eigenvalue weighted by atomic mass is 9.84. The number of aryl methyl sites for hydroxylation is 1. The number of aliphatic hydroxyl groups is 1. The Bertz CT molecular complexity index is 1370. The zero-order valence-electron chi connectivity index (χ0n) is 23.1. The Hall–Kier alpha value is -2.85. The molecule has 41 heavy (non-hydrogen) atoms. The van der Waals surface area contributed by atoms with E-state index in [-0.39, 0.29) is 67.0 Å². The van der Waals surface area contributed by atoms with Crippen molar-refractivity contribution < 1.29 is 45.0 Å². The summed E-state index contributed by atoms with van der Waals surface area (Å²) in [7, 11) is -3.74. The molecule has 230 valence electrons. The van der Waals surface area contributed by atoms with Gasteiger partial charge in [-0.25, -0.2) is 13.6 Å². The summed E-state index contributed by atoms with van der Waals surface area (Å²) in [5.74, 6) is -1.10. The molecule has 0 spiro atoms. The van der Waals surface area contributed by atoms with E-state index in [1.54, 1.807) is 6.92 Å². The van der Waals surface area contributed by atoms with Crippen LogP contribution in [0.15, 0.2) is 12.3 Å². The molecule has 1 fully saturated rings. The molecule has 4 N–H and O–H groups in total. The lowest BCUT2D eigenvalue weighted by molar-refractivity contribution is -0.211. The van der Waals surface area contributed by atoms with Gasteiger partial charge in [-0.05, 0) is 39.5 Å². The number of primary sulfonamides is 1. The molecule has 16 heteroatoms. The first-order chi connectivity index (χ1) is 18.8. The second-order valence-corrected chi connectivity index (χ2v) is 12.8. The molecule has 0 unspecified atom stereocenters. The van der Waals surface area contributed by atoms with E-state index in [1.807, 2.05) is 0 Å². The molecule has 1 aliphatic rings. The number of amides is 1. The molecule has 10 nitrogen and oxygen atoms in total. The average Bonchev–Trinajstić information content (AvgIpc) is 3.17. The number of carbonyl (C=O) groups is 1. The van der Waals surface area contributed by atoms with Crippen LogP contribution < -0.4 is 15.2 Å². The zero-order chi connectivity index (χ0) is 31.0. The van der Waals surface area contributed by atoms with Crippen molar-refractivity contribution in [3.63, 3.8) is 0 Å². The summed E-state index contributed by atoms with van der Waals surface area (Å²) in [6, 6.07) is 1.02. The fourth-order valence-corrected chi connectivity index (χ4v) is 5.69. The van der Waals surface area contributed by atoms with E-state index in [9.17, 15) is 40.3 Å². The second-order valence-electron chi connectivity index (χ2n) is 10.9. The van der Waals surface area contributed by atoms with Crippen LogP contribution in [0.25, 0.3) is 11.3 Å². The van der Waals surface area contributed by atoms with Crippen LogP contribution in [-0.4, -0.2) is 64.4 Å². The molecule has 1 aliphatic carbocycles. The van der Waals surface area contributed by atoms with Gasteiger partial charge in [-0.2, -0.15) is 27.1 Å². The molecule has 2 aromatic heterocycles. The Morgan fingerprint density at radius 3 is 2.41 bits per heavy atom. The van der Waals surface area contributed by atoms with E-state index in [0.717, 1.165) is 26.1 Å². The summed E-state index contributed by atoms with van der Waals surface area (Å²) in [5, 5.41) is 22.1. The Labute approximate surface area is 234 Å². The number of hydrogen-bond donors (Lipinski definition) is 3. The van der Waals surface area contributed by atoms with Gasteiger partial charge in [0.1, 0.15) is 5.75 Å². The maximum Gasteiger partial charge on any atom is 0.394 e. The van der Waals surface area contributed by atoms with E-state index in [0.29, 0.717) is 0 Å². The number of carbonyl (C=O) groups excluding carboxylic acids is 1. The fraction of sp³-hybridized carbons (Fsp3) is 0.640. The predicted molar refractivity (Wildman–Crippen MR) is 139 cm³/mol. The minimum Gasteiger partial charge on any atom is -0.434 e. The third-order valence-electron chi connectivity index (χ3n) is 7.39. The Morgan fingerprint density at radius 2 is 1.90 bits per heavy atom. The lowest BCUT2D eigenvalue weighted by Crippen LogP contribution is -2.48. The maximum atomic E-state index is 13.4. The van der Waals surface area contributed by atoms with E-state index in [4.69, 9.17) is 5.14 Å². The Morgan fingerprint density at radius 1 is 1.29 bits per heavy atom. The van der Waals surface area contributed by atoms with Gasteiger partial charge in [0.05, 0.1) is 27.5 Å². The van der Waals surface area contributed by atoms with Crippen LogP contribution in [0.2, 0.25) is 0 Å². The average molecular weight is 612 g/mol. The van der Waals surface area contributed by atoms with Gasteiger partial charge < -0.3 is 15.2 Å². The SMILES string of the molecule is CCn1nc(C(=O)NC[C@]2(O)CC[C@@H](S(N)(=O)=O)CC2)c(C)c1-c1cnc(CC(C)(C)C(F)(F)F)cc1OC(F)F. The van der Waals surface area contributed by atoms with Crippen molar-refractivity contribution >= 4 is 15.9 Å². The van der Waals surface area contributed by atoms with E-state index in [1.165, 1.54) is 11.6 Å². The minimum atomic E-state index is -4.56. The molecule has 2 aromatic rings. The van der Waals surface area contributed by atoms with Gasteiger partial charge in [0.15, 0.2) is 5.69 Å². The second kappa shape index (κ2) is 11.8. The number of hydrogen-bond acceptors (Lipinski definition) is 7. The van der Waals surface area contributed by atoms with Crippen molar-refractivity contribution in [1.82, 2.24) is 20.1 Å². The molecule has 0 radical (unpaired) electrons. The van der Waals surface area contributed by atoms with E-state index in [2.05, 4.69) is 20.1 Å². The van der Waals surface area contributed by atoms with Crippen LogP contribution in [0.1, 0.15) is 68.2 Å². The van der Waals surface area contributed by atoms with Gasteiger partial charge in [0.2, 0.25) is 10.0 Å². The number of sulfonamides is 1. The molecule has 0 atom stereocenters. The molecular weight excluding hydrogens is 577 g/mol. The molecule has 0 aromatic carbocycles. The maximum absolute atomic E-state index is 13.4. The Balaban J connectivity index is 1.89. The summed E-state index contributed by atoms with van der Waals surface area (Å²) in [6.07, 6.45) is -3.57. The number of rotatable bonds is 10. The highest BCUT2D eigenvalue weighted by Gasteiger charge is 2.47. The van der Waals surface area contributed by atoms with Crippen molar-refractivity contribution in [2.24, 2.45) is 10.6 Å². The highest BCUT2D eigenvalue weighted by Crippen LogP contribution is 2.41. The largest absolute Gasteiger partial charge is 0.434 e. The molecule has 1 saturated carbocycles. The van der Waals surface area contributed by atoms with Crippen LogP contribution in [0.4, 0.5) is 22.0 Å². The smallest absolute Gasteiger partial charge is 0.394 e. The molecular formula is C25H34F5N5O5S. The normalized spacial score (nSPS) is 20.3.